The van der Waals surface area contributed by atoms with Gasteiger partial charge in [-0.1, -0.05) is 0 Å². The predicted octanol–water partition coefficient (Wildman–Crippen LogP) is 0.546. The van der Waals surface area contributed by atoms with E-state index >= 15 is 0 Å². The van der Waals surface area contributed by atoms with Crippen molar-refractivity contribution in [1.82, 2.24) is 16.2 Å². The first kappa shape index (κ1) is 11.5. The zero-order valence-electron chi connectivity index (χ0n) is 9.48. The number of carbonyl (C=O) groups excluding carboxylic acids is 1. The second-order valence-electron chi connectivity index (χ2n) is 5.40. The highest BCUT2D eigenvalue weighted by molar-refractivity contribution is 5.44. The second-order valence-corrected chi connectivity index (χ2v) is 5.40. The van der Waals surface area contributed by atoms with Crippen molar-refractivity contribution in [3.8, 4) is 0 Å². The summed E-state index contributed by atoms with van der Waals surface area (Å²) in [5, 5.41) is 3.58. The largest absolute Gasteiger partial charge is 0.307 e. The maximum Gasteiger partial charge on any atom is 0.221 e. The molecule has 1 amide bonds. The van der Waals surface area contributed by atoms with E-state index in [0.717, 1.165) is 12.8 Å². The minimum Gasteiger partial charge on any atom is -0.307 e. The first-order valence-electron chi connectivity index (χ1n) is 5.09. The SMILES string of the molecule is CC1(C)CC(NNC=O)CC(C)(C)N1. The first-order chi connectivity index (χ1) is 6.35. The van der Waals surface area contributed by atoms with Gasteiger partial charge in [-0.2, -0.15) is 0 Å². The molecule has 82 valence electrons. The van der Waals surface area contributed by atoms with Crippen LogP contribution in [-0.4, -0.2) is 23.5 Å². The smallest absolute Gasteiger partial charge is 0.221 e. The van der Waals surface area contributed by atoms with E-state index in [-0.39, 0.29) is 11.1 Å². The number of amides is 1. The van der Waals surface area contributed by atoms with Crippen LogP contribution < -0.4 is 16.2 Å². The Kier molecular flexibility index (Phi) is 3.17. The monoisotopic (exact) mass is 199 g/mol. The lowest BCUT2D eigenvalue weighted by Crippen LogP contribution is -2.62. The van der Waals surface area contributed by atoms with Gasteiger partial charge in [-0.05, 0) is 40.5 Å². The summed E-state index contributed by atoms with van der Waals surface area (Å²) in [6.45, 7) is 8.74. The van der Waals surface area contributed by atoms with Crippen LogP contribution >= 0.6 is 0 Å². The Morgan fingerprint density at radius 2 is 1.71 bits per heavy atom. The number of carbonyl (C=O) groups is 1. The molecule has 0 spiro atoms. The standard InChI is InChI=1S/C10H21N3O/c1-9(2)5-8(12-11-7-14)6-10(3,4)13-9/h7-8,12-13H,5-6H2,1-4H3,(H,11,14). The van der Waals surface area contributed by atoms with Crippen molar-refractivity contribution in [2.45, 2.75) is 57.7 Å². The quantitative estimate of drug-likeness (QED) is 0.459. The number of rotatable bonds is 3. The number of nitrogens with one attached hydrogen (secondary N) is 3. The highest BCUT2D eigenvalue weighted by atomic mass is 16.1. The molecule has 1 saturated heterocycles. The van der Waals surface area contributed by atoms with Gasteiger partial charge in [0.05, 0.1) is 0 Å². The van der Waals surface area contributed by atoms with E-state index in [0.29, 0.717) is 12.5 Å². The van der Waals surface area contributed by atoms with E-state index < -0.39 is 0 Å². The summed E-state index contributed by atoms with van der Waals surface area (Å²) in [5.41, 5.74) is 5.79. The summed E-state index contributed by atoms with van der Waals surface area (Å²) < 4.78 is 0. The molecule has 0 unspecified atom stereocenters. The molecule has 0 aliphatic carbocycles. The number of hydrazine groups is 1. The van der Waals surface area contributed by atoms with Gasteiger partial charge in [-0.3, -0.25) is 10.2 Å². The molecular formula is C10H21N3O. The van der Waals surface area contributed by atoms with Gasteiger partial charge >= 0.3 is 0 Å². The van der Waals surface area contributed by atoms with Gasteiger partial charge < -0.3 is 5.32 Å². The van der Waals surface area contributed by atoms with Crippen LogP contribution in [0.5, 0.6) is 0 Å². The third-order valence-electron chi connectivity index (χ3n) is 2.54. The fraction of sp³-hybridized carbons (Fsp3) is 0.900. The van der Waals surface area contributed by atoms with Crippen molar-refractivity contribution in [2.75, 3.05) is 0 Å². The highest BCUT2D eigenvalue weighted by Gasteiger charge is 2.37. The van der Waals surface area contributed by atoms with E-state index in [2.05, 4.69) is 43.9 Å². The molecule has 0 aromatic carbocycles. The number of piperidine rings is 1. The van der Waals surface area contributed by atoms with Gasteiger partial charge in [-0.25, -0.2) is 5.43 Å². The van der Waals surface area contributed by atoms with Crippen molar-refractivity contribution in [1.29, 1.82) is 0 Å². The van der Waals surface area contributed by atoms with Gasteiger partial charge in [0.2, 0.25) is 6.41 Å². The zero-order valence-corrected chi connectivity index (χ0v) is 9.48. The highest BCUT2D eigenvalue weighted by Crippen LogP contribution is 2.27. The van der Waals surface area contributed by atoms with Crippen LogP contribution in [0.25, 0.3) is 0 Å². The molecule has 14 heavy (non-hydrogen) atoms. The molecule has 0 atom stereocenters. The van der Waals surface area contributed by atoms with Crippen molar-refractivity contribution in [3.05, 3.63) is 0 Å². The molecule has 1 aliphatic heterocycles. The number of hydrogen-bond donors (Lipinski definition) is 3. The molecule has 0 aromatic rings. The maximum absolute atomic E-state index is 10.2. The van der Waals surface area contributed by atoms with E-state index in [9.17, 15) is 4.79 Å². The summed E-state index contributed by atoms with van der Waals surface area (Å²) in [7, 11) is 0. The molecule has 4 heteroatoms. The Bertz CT molecular complexity index is 197. The molecule has 0 aromatic heterocycles. The number of hydrogen-bond acceptors (Lipinski definition) is 3. The lowest BCUT2D eigenvalue weighted by atomic mass is 9.80. The van der Waals surface area contributed by atoms with Crippen LogP contribution in [0.3, 0.4) is 0 Å². The zero-order chi connectivity index (χ0) is 10.8. The Hall–Kier alpha value is -0.610. The molecule has 0 saturated carbocycles. The molecule has 1 rings (SSSR count). The molecule has 1 aliphatic rings. The van der Waals surface area contributed by atoms with Gasteiger partial charge in [0.1, 0.15) is 0 Å². The van der Waals surface area contributed by atoms with Crippen LogP contribution in [0, 0.1) is 0 Å². The Balaban J connectivity index is 2.57. The lowest BCUT2D eigenvalue weighted by molar-refractivity contribution is -0.110. The fourth-order valence-corrected chi connectivity index (χ4v) is 2.58. The van der Waals surface area contributed by atoms with E-state index in [4.69, 9.17) is 0 Å². The summed E-state index contributed by atoms with van der Waals surface area (Å²) in [6.07, 6.45) is 2.70. The molecule has 0 radical (unpaired) electrons. The van der Waals surface area contributed by atoms with Crippen LogP contribution in [0.4, 0.5) is 0 Å². The normalized spacial score (nSPS) is 25.7. The topological polar surface area (TPSA) is 53.2 Å². The van der Waals surface area contributed by atoms with Crippen molar-refractivity contribution in [2.24, 2.45) is 0 Å². The third-order valence-corrected chi connectivity index (χ3v) is 2.54. The van der Waals surface area contributed by atoms with E-state index in [1.54, 1.807) is 0 Å². The van der Waals surface area contributed by atoms with Crippen molar-refractivity contribution < 1.29 is 4.79 Å². The van der Waals surface area contributed by atoms with Crippen LogP contribution in [-0.2, 0) is 4.79 Å². The first-order valence-corrected chi connectivity index (χ1v) is 5.09. The van der Waals surface area contributed by atoms with Gasteiger partial charge in [0.15, 0.2) is 0 Å². The van der Waals surface area contributed by atoms with E-state index in [1.165, 1.54) is 0 Å². The minimum absolute atomic E-state index is 0.115. The lowest BCUT2D eigenvalue weighted by Gasteiger charge is -2.46. The van der Waals surface area contributed by atoms with Crippen LogP contribution in [0.2, 0.25) is 0 Å². The van der Waals surface area contributed by atoms with Crippen molar-refractivity contribution >= 4 is 6.41 Å². The van der Waals surface area contributed by atoms with Crippen LogP contribution in [0.1, 0.15) is 40.5 Å². The maximum atomic E-state index is 10.2. The average molecular weight is 199 g/mol. The molecule has 0 bridgehead atoms. The summed E-state index contributed by atoms with van der Waals surface area (Å²) in [6, 6.07) is 0.339. The molecule has 4 nitrogen and oxygen atoms in total. The molecule has 1 fully saturated rings. The summed E-state index contributed by atoms with van der Waals surface area (Å²) >= 11 is 0. The Morgan fingerprint density at radius 1 is 1.21 bits per heavy atom. The van der Waals surface area contributed by atoms with E-state index in [1.807, 2.05) is 0 Å². The fourth-order valence-electron chi connectivity index (χ4n) is 2.58. The average Bonchev–Trinajstić information content (AvgIpc) is 1.94. The van der Waals surface area contributed by atoms with Gasteiger partial charge in [0.25, 0.3) is 0 Å². The summed E-state index contributed by atoms with van der Waals surface area (Å²) in [4.78, 5) is 10.2. The summed E-state index contributed by atoms with van der Waals surface area (Å²) in [5.74, 6) is 0. The van der Waals surface area contributed by atoms with Crippen molar-refractivity contribution in [3.63, 3.8) is 0 Å². The Labute approximate surface area is 85.8 Å². The van der Waals surface area contributed by atoms with Gasteiger partial charge in [0, 0.05) is 17.1 Å². The molecule has 3 N–H and O–H groups in total. The molecular weight excluding hydrogens is 178 g/mol. The third kappa shape index (κ3) is 3.27. The second kappa shape index (κ2) is 3.87. The van der Waals surface area contributed by atoms with Crippen LogP contribution in [0.15, 0.2) is 0 Å². The minimum atomic E-state index is 0.115. The Morgan fingerprint density at radius 3 is 2.14 bits per heavy atom. The predicted molar refractivity (Wildman–Crippen MR) is 56.7 cm³/mol. The van der Waals surface area contributed by atoms with Gasteiger partial charge in [-0.15, -0.1) is 0 Å². The molecule has 1 heterocycles.